The van der Waals surface area contributed by atoms with Crippen LogP contribution < -0.4 is 15.2 Å². The van der Waals surface area contributed by atoms with E-state index < -0.39 is 31.1 Å². The minimum absolute atomic E-state index is 0.0520. The monoisotopic (exact) mass is 510 g/mol. The number of carboxylic acids is 1. The lowest BCUT2D eigenvalue weighted by Crippen LogP contribution is -2.33. The molecule has 1 aliphatic heterocycles. The van der Waals surface area contributed by atoms with Crippen molar-refractivity contribution < 1.29 is 37.3 Å². The van der Waals surface area contributed by atoms with Crippen LogP contribution in [0, 0.1) is 17.8 Å². The summed E-state index contributed by atoms with van der Waals surface area (Å²) in [6, 6.07) is -0.380. The zero-order chi connectivity index (χ0) is 25.9. The van der Waals surface area contributed by atoms with Crippen LogP contribution >= 0.6 is 0 Å². The van der Waals surface area contributed by atoms with E-state index in [0.717, 1.165) is 32.1 Å². The Balaban J connectivity index is 1.39. The number of carboxylic acid groups (broad SMARTS) is 1. The third-order valence-electron chi connectivity index (χ3n) is 6.90. The number of halogens is 3. The van der Waals surface area contributed by atoms with Crippen LogP contribution in [0.15, 0.2) is 23.9 Å². The minimum Gasteiger partial charge on any atom is -0.481 e. The first kappa shape index (κ1) is 25.8. The number of hydrogen-bond donors (Lipinski definition) is 2. The molecule has 0 radical (unpaired) electrons. The number of fused-ring (bicyclic) bond motifs is 1. The van der Waals surface area contributed by atoms with Gasteiger partial charge in [-0.15, -0.1) is 0 Å². The summed E-state index contributed by atoms with van der Waals surface area (Å²) in [5.41, 5.74) is 6.61. The Bertz CT molecular complexity index is 1050. The Kier molecular flexibility index (Phi) is 7.70. The van der Waals surface area contributed by atoms with Gasteiger partial charge in [0.15, 0.2) is 0 Å². The van der Waals surface area contributed by atoms with Crippen LogP contribution in [0.1, 0.15) is 55.3 Å². The van der Waals surface area contributed by atoms with E-state index in [9.17, 15) is 22.8 Å². The van der Waals surface area contributed by atoms with Gasteiger partial charge in [0.25, 0.3) is 5.91 Å². The minimum atomic E-state index is -4.38. The first-order chi connectivity index (χ1) is 17.1. The Labute approximate surface area is 206 Å². The molecule has 1 aromatic rings. The van der Waals surface area contributed by atoms with Crippen LogP contribution in [0.3, 0.4) is 0 Å². The SMILES string of the molecule is Nc1nc(OCCC(F)(F)F)nc2c1C(=O)N(C1=CCC(C3CCC(CC(=O)O)CC3)C=C1)CCO2. The molecule has 2 aliphatic carbocycles. The van der Waals surface area contributed by atoms with Gasteiger partial charge < -0.3 is 25.2 Å². The largest absolute Gasteiger partial charge is 0.481 e. The van der Waals surface area contributed by atoms with Crippen LogP contribution in [0.2, 0.25) is 0 Å². The molecular formula is C24H29F3N4O5. The van der Waals surface area contributed by atoms with Crippen molar-refractivity contribution in [3.05, 3.63) is 29.5 Å². The second-order valence-corrected chi connectivity index (χ2v) is 9.36. The molecule has 3 aliphatic rings. The maximum atomic E-state index is 13.3. The van der Waals surface area contributed by atoms with E-state index in [1.807, 2.05) is 12.2 Å². The molecule has 36 heavy (non-hydrogen) atoms. The van der Waals surface area contributed by atoms with Gasteiger partial charge >= 0.3 is 18.2 Å². The summed E-state index contributed by atoms with van der Waals surface area (Å²) in [7, 11) is 0. The van der Waals surface area contributed by atoms with Crippen LogP contribution in [0.25, 0.3) is 0 Å². The van der Waals surface area contributed by atoms with E-state index in [1.165, 1.54) is 4.90 Å². The van der Waals surface area contributed by atoms with E-state index >= 15 is 0 Å². The lowest BCUT2D eigenvalue weighted by molar-refractivity contribution is -0.140. The summed E-state index contributed by atoms with van der Waals surface area (Å²) in [5.74, 6) is -0.486. The molecule has 1 amide bonds. The fraction of sp³-hybridized carbons (Fsp3) is 0.583. The Morgan fingerprint density at radius 2 is 2.00 bits per heavy atom. The third kappa shape index (κ3) is 6.27. The molecule has 9 nitrogen and oxygen atoms in total. The van der Waals surface area contributed by atoms with Crippen molar-refractivity contribution in [2.45, 2.75) is 51.1 Å². The summed E-state index contributed by atoms with van der Waals surface area (Å²) in [5, 5.41) is 9.01. The van der Waals surface area contributed by atoms with E-state index in [0.29, 0.717) is 17.5 Å². The molecule has 0 aromatic carbocycles. The van der Waals surface area contributed by atoms with Gasteiger partial charge in [-0.05, 0) is 55.9 Å². The van der Waals surface area contributed by atoms with E-state index in [4.69, 9.17) is 20.3 Å². The van der Waals surface area contributed by atoms with E-state index in [1.54, 1.807) is 0 Å². The average molecular weight is 511 g/mol. The number of aromatic nitrogens is 2. The predicted octanol–water partition coefficient (Wildman–Crippen LogP) is 3.97. The molecule has 1 atom stereocenters. The number of ether oxygens (including phenoxy) is 2. The Morgan fingerprint density at radius 1 is 1.25 bits per heavy atom. The molecule has 2 heterocycles. The third-order valence-corrected chi connectivity index (χ3v) is 6.90. The zero-order valence-corrected chi connectivity index (χ0v) is 19.7. The molecule has 196 valence electrons. The number of allylic oxidation sites excluding steroid dienone is 3. The highest BCUT2D eigenvalue weighted by molar-refractivity contribution is 6.02. The number of alkyl halides is 3. The maximum Gasteiger partial charge on any atom is 0.392 e. The summed E-state index contributed by atoms with van der Waals surface area (Å²) < 4.78 is 47.7. The van der Waals surface area contributed by atoms with Crippen LogP contribution in [0.4, 0.5) is 19.0 Å². The van der Waals surface area contributed by atoms with Crippen LogP contribution in [-0.2, 0) is 4.79 Å². The first-order valence-electron chi connectivity index (χ1n) is 12.0. The first-order valence-corrected chi connectivity index (χ1v) is 12.0. The standard InChI is InChI=1S/C24H29F3N4O5/c25-24(26,27)9-11-36-23-29-20(28)19-21(30-23)35-12-10-31(22(19)34)17-7-5-16(6-8-17)15-3-1-14(2-4-15)13-18(32)33/h5,7-8,14-16H,1-4,6,9-13H2,(H,32,33)(H2,28,29,30). The number of nitrogens with zero attached hydrogens (tertiary/aromatic N) is 3. The van der Waals surface area contributed by atoms with Gasteiger partial charge in [0.05, 0.1) is 13.0 Å². The fourth-order valence-electron chi connectivity index (χ4n) is 5.02. The van der Waals surface area contributed by atoms with Gasteiger partial charge in [-0.1, -0.05) is 12.2 Å². The lowest BCUT2D eigenvalue weighted by Gasteiger charge is -2.33. The number of amides is 1. The molecule has 12 heteroatoms. The summed E-state index contributed by atoms with van der Waals surface area (Å²) in [6.07, 6.45) is 5.25. The van der Waals surface area contributed by atoms with Gasteiger partial charge in [0, 0.05) is 12.1 Å². The molecule has 3 N–H and O–H groups in total. The number of aliphatic carboxylic acids is 1. The highest BCUT2D eigenvalue weighted by Gasteiger charge is 2.33. The van der Waals surface area contributed by atoms with Crippen molar-refractivity contribution in [3.8, 4) is 11.9 Å². The average Bonchev–Trinajstić information content (AvgIpc) is 2.97. The Morgan fingerprint density at radius 3 is 2.64 bits per heavy atom. The van der Waals surface area contributed by atoms with Crippen molar-refractivity contribution in [3.63, 3.8) is 0 Å². The molecular weight excluding hydrogens is 481 g/mol. The van der Waals surface area contributed by atoms with Gasteiger partial charge in [-0.2, -0.15) is 23.1 Å². The van der Waals surface area contributed by atoms with Crippen LogP contribution in [0.5, 0.6) is 11.9 Å². The highest BCUT2D eigenvalue weighted by Crippen LogP contribution is 2.39. The molecule has 0 bridgehead atoms. The lowest BCUT2D eigenvalue weighted by atomic mass is 9.73. The maximum absolute atomic E-state index is 13.3. The van der Waals surface area contributed by atoms with Gasteiger partial charge in [0.2, 0.25) is 5.88 Å². The van der Waals surface area contributed by atoms with Crippen molar-refractivity contribution in [2.75, 3.05) is 25.5 Å². The predicted molar refractivity (Wildman–Crippen MR) is 122 cm³/mol. The molecule has 1 unspecified atom stereocenters. The van der Waals surface area contributed by atoms with Crippen molar-refractivity contribution in [2.24, 2.45) is 17.8 Å². The number of carbonyl (C=O) groups is 2. The second kappa shape index (κ2) is 10.8. The summed E-state index contributed by atoms with van der Waals surface area (Å²) >= 11 is 0. The topological polar surface area (TPSA) is 128 Å². The summed E-state index contributed by atoms with van der Waals surface area (Å²) in [6.45, 7) is -0.332. The molecule has 0 saturated heterocycles. The molecule has 1 fully saturated rings. The van der Waals surface area contributed by atoms with E-state index in [2.05, 4.69) is 16.0 Å². The molecule has 0 spiro atoms. The zero-order valence-electron chi connectivity index (χ0n) is 19.7. The van der Waals surface area contributed by atoms with Crippen LogP contribution in [-0.4, -0.2) is 57.8 Å². The summed E-state index contributed by atoms with van der Waals surface area (Å²) in [4.78, 5) is 33.6. The number of nitrogen functional groups attached to an aromatic ring is 1. The van der Waals surface area contributed by atoms with Crippen molar-refractivity contribution >= 4 is 17.7 Å². The number of hydrogen-bond acceptors (Lipinski definition) is 7. The second-order valence-electron chi connectivity index (χ2n) is 9.36. The highest BCUT2D eigenvalue weighted by atomic mass is 19.4. The van der Waals surface area contributed by atoms with Crippen molar-refractivity contribution in [1.29, 1.82) is 0 Å². The fourth-order valence-corrected chi connectivity index (χ4v) is 5.02. The smallest absolute Gasteiger partial charge is 0.392 e. The molecule has 1 saturated carbocycles. The quantitative estimate of drug-likeness (QED) is 0.564. The van der Waals surface area contributed by atoms with E-state index in [-0.39, 0.29) is 48.8 Å². The number of rotatable bonds is 7. The number of carbonyl (C=O) groups excluding carboxylic acids is 1. The number of anilines is 1. The molecule has 4 rings (SSSR count). The Hall–Kier alpha value is -3.31. The number of nitrogens with two attached hydrogens (primary N) is 1. The van der Waals surface area contributed by atoms with Gasteiger partial charge in [-0.25, -0.2) is 0 Å². The van der Waals surface area contributed by atoms with Crippen molar-refractivity contribution in [1.82, 2.24) is 14.9 Å². The normalized spacial score (nSPS) is 24.4. The molecule has 1 aromatic heterocycles. The van der Waals surface area contributed by atoms with Gasteiger partial charge in [0.1, 0.15) is 24.6 Å². The van der Waals surface area contributed by atoms with Gasteiger partial charge in [-0.3, -0.25) is 9.59 Å².